The number of thioether (sulfide) groups is 1. The first-order valence-corrected chi connectivity index (χ1v) is 11.6. The van der Waals surface area contributed by atoms with Gasteiger partial charge in [0.05, 0.1) is 16.7 Å². The summed E-state index contributed by atoms with van der Waals surface area (Å²) in [6.45, 7) is 3.71. The Morgan fingerprint density at radius 1 is 1.39 bits per heavy atom. The van der Waals surface area contributed by atoms with Crippen molar-refractivity contribution in [2.24, 2.45) is 0 Å². The van der Waals surface area contributed by atoms with Gasteiger partial charge in [-0.3, -0.25) is 14.2 Å². The number of fused-ring (bicyclic) bond motifs is 1. The molecule has 0 saturated heterocycles. The summed E-state index contributed by atoms with van der Waals surface area (Å²) in [5.74, 6) is 0.263. The van der Waals surface area contributed by atoms with Gasteiger partial charge in [0.1, 0.15) is 0 Å². The molecule has 1 fully saturated rings. The van der Waals surface area contributed by atoms with Gasteiger partial charge in [0.15, 0.2) is 5.16 Å². The summed E-state index contributed by atoms with van der Waals surface area (Å²) in [5.41, 5.74) is 0.564. The van der Waals surface area contributed by atoms with Crippen molar-refractivity contribution in [1.82, 2.24) is 14.9 Å². The smallest absolute Gasteiger partial charge is 0.262 e. The minimum atomic E-state index is -0.0819. The van der Waals surface area contributed by atoms with E-state index in [4.69, 9.17) is 4.74 Å². The van der Waals surface area contributed by atoms with Gasteiger partial charge in [-0.05, 0) is 44.4 Å². The van der Waals surface area contributed by atoms with Gasteiger partial charge in [-0.1, -0.05) is 40.5 Å². The maximum absolute atomic E-state index is 13.0. The number of amides is 1. The van der Waals surface area contributed by atoms with Crippen molar-refractivity contribution >= 4 is 44.5 Å². The standard InChI is InChI=1S/C20H26BrN3O3S/c1-2-27-11-5-10-24-19(26)16-12-14(21)8-9-17(16)23-20(24)28-13-18(25)22-15-6-3-4-7-15/h8-9,12,15H,2-7,10-11,13H2,1H3,(H,22,25). The van der Waals surface area contributed by atoms with E-state index < -0.39 is 0 Å². The summed E-state index contributed by atoms with van der Waals surface area (Å²) in [6, 6.07) is 5.79. The highest BCUT2D eigenvalue weighted by molar-refractivity contribution is 9.10. The number of carbonyl (C=O) groups excluding carboxylic acids is 1. The van der Waals surface area contributed by atoms with Crippen molar-refractivity contribution in [1.29, 1.82) is 0 Å². The molecule has 8 heteroatoms. The molecule has 0 aliphatic heterocycles. The lowest BCUT2D eigenvalue weighted by Gasteiger charge is -2.14. The second-order valence-electron chi connectivity index (χ2n) is 6.90. The number of hydrogen-bond donors (Lipinski definition) is 1. The molecule has 0 radical (unpaired) electrons. The Morgan fingerprint density at radius 2 is 2.18 bits per heavy atom. The molecule has 0 unspecified atom stereocenters. The molecule has 1 heterocycles. The predicted molar refractivity (Wildman–Crippen MR) is 116 cm³/mol. The average Bonchev–Trinajstić information content (AvgIpc) is 3.18. The molecule has 1 aromatic carbocycles. The van der Waals surface area contributed by atoms with Gasteiger partial charge in [-0.2, -0.15) is 0 Å². The summed E-state index contributed by atoms with van der Waals surface area (Å²) < 4.78 is 7.91. The fraction of sp³-hybridized carbons (Fsp3) is 0.550. The van der Waals surface area contributed by atoms with E-state index in [9.17, 15) is 9.59 Å². The van der Waals surface area contributed by atoms with Crippen LogP contribution in [0.25, 0.3) is 10.9 Å². The molecule has 1 saturated carbocycles. The molecule has 1 aliphatic rings. The molecular weight excluding hydrogens is 442 g/mol. The predicted octanol–water partition coefficient (Wildman–Crippen LogP) is 3.74. The number of benzene rings is 1. The van der Waals surface area contributed by atoms with Crippen LogP contribution in [0, 0.1) is 0 Å². The maximum atomic E-state index is 13.0. The third-order valence-electron chi connectivity index (χ3n) is 4.81. The highest BCUT2D eigenvalue weighted by Gasteiger charge is 2.18. The number of nitrogens with one attached hydrogen (secondary N) is 1. The molecule has 28 heavy (non-hydrogen) atoms. The lowest BCUT2D eigenvalue weighted by atomic mass is 10.2. The van der Waals surface area contributed by atoms with Crippen LogP contribution in [0.15, 0.2) is 32.6 Å². The van der Waals surface area contributed by atoms with E-state index in [-0.39, 0.29) is 17.2 Å². The zero-order valence-electron chi connectivity index (χ0n) is 16.1. The normalized spacial score (nSPS) is 14.6. The maximum Gasteiger partial charge on any atom is 0.262 e. The average molecular weight is 468 g/mol. The highest BCUT2D eigenvalue weighted by atomic mass is 79.9. The van der Waals surface area contributed by atoms with E-state index in [0.717, 1.165) is 23.7 Å². The quantitative estimate of drug-likeness (QED) is 0.345. The highest BCUT2D eigenvalue weighted by Crippen LogP contribution is 2.22. The van der Waals surface area contributed by atoms with Crippen molar-refractivity contribution in [2.75, 3.05) is 19.0 Å². The van der Waals surface area contributed by atoms with Crippen molar-refractivity contribution in [3.05, 3.63) is 33.0 Å². The number of halogens is 1. The van der Waals surface area contributed by atoms with Gasteiger partial charge < -0.3 is 10.1 Å². The van der Waals surface area contributed by atoms with Crippen molar-refractivity contribution in [3.8, 4) is 0 Å². The van der Waals surface area contributed by atoms with Crippen LogP contribution in [0.3, 0.4) is 0 Å². The van der Waals surface area contributed by atoms with Crippen LogP contribution in [0.5, 0.6) is 0 Å². The van der Waals surface area contributed by atoms with Crippen LogP contribution >= 0.6 is 27.7 Å². The first kappa shape index (κ1) is 21.3. The van der Waals surface area contributed by atoms with Crippen LogP contribution in [0.4, 0.5) is 0 Å². The minimum Gasteiger partial charge on any atom is -0.382 e. The number of hydrogen-bond acceptors (Lipinski definition) is 5. The molecule has 0 spiro atoms. The number of rotatable bonds is 9. The van der Waals surface area contributed by atoms with Crippen LogP contribution in [-0.4, -0.2) is 40.5 Å². The largest absolute Gasteiger partial charge is 0.382 e. The van der Waals surface area contributed by atoms with E-state index in [0.29, 0.717) is 41.9 Å². The fourth-order valence-electron chi connectivity index (χ4n) is 3.42. The summed E-state index contributed by atoms with van der Waals surface area (Å²) in [5, 5.41) is 4.24. The zero-order valence-corrected chi connectivity index (χ0v) is 18.5. The molecule has 0 atom stereocenters. The van der Waals surface area contributed by atoms with Gasteiger partial charge in [-0.15, -0.1) is 0 Å². The number of ether oxygens (including phenoxy) is 1. The zero-order chi connectivity index (χ0) is 19.9. The Labute approximate surface area is 177 Å². The monoisotopic (exact) mass is 467 g/mol. The Bertz CT molecular complexity index is 881. The summed E-state index contributed by atoms with van der Waals surface area (Å²) >= 11 is 4.74. The summed E-state index contributed by atoms with van der Waals surface area (Å²) in [7, 11) is 0. The molecule has 3 rings (SSSR count). The molecule has 0 bridgehead atoms. The summed E-state index contributed by atoms with van der Waals surface area (Å²) in [4.78, 5) is 30.0. The molecule has 6 nitrogen and oxygen atoms in total. The van der Waals surface area contributed by atoms with Crippen LogP contribution in [0.2, 0.25) is 0 Å². The topological polar surface area (TPSA) is 73.2 Å². The Hall–Kier alpha value is -1.38. The van der Waals surface area contributed by atoms with Crippen LogP contribution in [0.1, 0.15) is 39.0 Å². The van der Waals surface area contributed by atoms with E-state index in [2.05, 4.69) is 26.2 Å². The fourth-order valence-corrected chi connectivity index (χ4v) is 4.62. The number of carbonyl (C=O) groups is 1. The third kappa shape index (κ3) is 5.58. The van der Waals surface area contributed by atoms with E-state index in [1.165, 1.54) is 24.6 Å². The second kappa shape index (κ2) is 10.4. The van der Waals surface area contributed by atoms with Gasteiger partial charge in [0, 0.05) is 30.3 Å². The Kier molecular flexibility index (Phi) is 7.93. The van der Waals surface area contributed by atoms with Gasteiger partial charge in [-0.25, -0.2) is 4.98 Å². The molecule has 1 N–H and O–H groups in total. The lowest BCUT2D eigenvalue weighted by molar-refractivity contribution is -0.119. The van der Waals surface area contributed by atoms with Crippen LogP contribution < -0.4 is 10.9 Å². The van der Waals surface area contributed by atoms with Crippen molar-refractivity contribution in [2.45, 2.75) is 56.8 Å². The molecule has 1 aromatic heterocycles. The molecule has 1 amide bonds. The SMILES string of the molecule is CCOCCCn1c(SCC(=O)NC2CCCC2)nc2ccc(Br)cc2c1=O. The van der Waals surface area contributed by atoms with Gasteiger partial charge >= 0.3 is 0 Å². The minimum absolute atomic E-state index is 0.00270. The molecule has 1 aliphatic carbocycles. The van der Waals surface area contributed by atoms with Gasteiger partial charge in [0.2, 0.25) is 5.91 Å². The van der Waals surface area contributed by atoms with Gasteiger partial charge in [0.25, 0.3) is 5.56 Å². The third-order valence-corrected chi connectivity index (χ3v) is 6.28. The number of aromatic nitrogens is 2. The Morgan fingerprint density at radius 3 is 2.93 bits per heavy atom. The van der Waals surface area contributed by atoms with E-state index >= 15 is 0 Å². The molecule has 152 valence electrons. The second-order valence-corrected chi connectivity index (χ2v) is 8.76. The summed E-state index contributed by atoms with van der Waals surface area (Å²) in [6.07, 6.45) is 5.19. The van der Waals surface area contributed by atoms with Crippen LogP contribution in [-0.2, 0) is 16.1 Å². The lowest BCUT2D eigenvalue weighted by Crippen LogP contribution is -2.34. The van der Waals surface area contributed by atoms with E-state index in [1.807, 2.05) is 19.1 Å². The first-order chi connectivity index (χ1) is 13.6. The first-order valence-electron chi connectivity index (χ1n) is 9.78. The Balaban J connectivity index is 1.78. The molecular formula is C20H26BrN3O3S. The molecule has 2 aromatic rings. The number of nitrogens with zero attached hydrogens (tertiary/aromatic N) is 2. The van der Waals surface area contributed by atoms with E-state index in [1.54, 1.807) is 10.6 Å². The van der Waals surface area contributed by atoms with Crippen molar-refractivity contribution in [3.63, 3.8) is 0 Å². The van der Waals surface area contributed by atoms with Crippen molar-refractivity contribution < 1.29 is 9.53 Å².